The van der Waals surface area contributed by atoms with Crippen LogP contribution in [0.25, 0.3) is 6.08 Å². The van der Waals surface area contributed by atoms with Crippen LogP contribution in [-0.2, 0) is 20.4 Å². The summed E-state index contributed by atoms with van der Waals surface area (Å²) in [5.74, 6) is -1.53. The third-order valence-corrected chi connectivity index (χ3v) is 5.20. The molecule has 25 heavy (non-hydrogen) atoms. The number of halogens is 1. The number of non-ortho nitro benzene ring substituents is 1. The van der Waals surface area contributed by atoms with Crippen molar-refractivity contribution < 1.29 is 18.1 Å². The first-order chi connectivity index (χ1) is 11.7. The SMILES string of the molecule is NC(=O)C(=Cc1ccc([N+](=O)[O-])cc1)S(=O)(=O)Cc1ccc(Cl)cc1. The van der Waals surface area contributed by atoms with Crippen molar-refractivity contribution in [1.29, 1.82) is 0 Å². The summed E-state index contributed by atoms with van der Waals surface area (Å²) in [6.45, 7) is 0. The summed E-state index contributed by atoms with van der Waals surface area (Å²) in [5, 5.41) is 11.1. The van der Waals surface area contributed by atoms with Crippen molar-refractivity contribution in [2.24, 2.45) is 5.73 Å². The Balaban J connectivity index is 2.36. The summed E-state index contributed by atoms with van der Waals surface area (Å²) in [7, 11) is -4.00. The maximum Gasteiger partial charge on any atom is 0.269 e. The number of nitrogens with two attached hydrogens (primary N) is 1. The molecule has 2 aromatic rings. The first-order valence-electron chi connectivity index (χ1n) is 6.92. The first-order valence-corrected chi connectivity index (χ1v) is 8.95. The monoisotopic (exact) mass is 380 g/mol. The van der Waals surface area contributed by atoms with E-state index in [2.05, 4.69) is 0 Å². The van der Waals surface area contributed by atoms with Crippen LogP contribution in [0.1, 0.15) is 11.1 Å². The molecular formula is C16H13ClN2O5S. The zero-order valence-corrected chi connectivity index (χ0v) is 14.3. The highest BCUT2D eigenvalue weighted by Gasteiger charge is 2.23. The number of benzene rings is 2. The van der Waals surface area contributed by atoms with Gasteiger partial charge in [-0.05, 0) is 41.5 Å². The Morgan fingerprint density at radius 3 is 2.16 bits per heavy atom. The van der Waals surface area contributed by atoms with E-state index in [0.717, 1.165) is 6.08 Å². The number of hydrogen-bond acceptors (Lipinski definition) is 5. The molecule has 2 aromatic carbocycles. The fourth-order valence-electron chi connectivity index (χ4n) is 2.04. The molecule has 0 aliphatic rings. The summed E-state index contributed by atoms with van der Waals surface area (Å²) in [4.78, 5) is 21.1. The van der Waals surface area contributed by atoms with Gasteiger partial charge in [-0.15, -0.1) is 0 Å². The normalized spacial score (nSPS) is 12.0. The van der Waals surface area contributed by atoms with Gasteiger partial charge in [-0.1, -0.05) is 23.7 Å². The minimum absolute atomic E-state index is 0.151. The number of nitro groups is 1. The van der Waals surface area contributed by atoms with Crippen molar-refractivity contribution >= 4 is 39.1 Å². The van der Waals surface area contributed by atoms with E-state index in [1.54, 1.807) is 0 Å². The Labute approximate surface area is 148 Å². The molecule has 0 saturated carbocycles. The van der Waals surface area contributed by atoms with Crippen LogP contribution in [0.15, 0.2) is 53.4 Å². The standard InChI is InChI=1S/C16H13ClN2O5S/c17-13-5-1-12(2-6-13)10-25(23,24)15(16(18)20)9-11-3-7-14(8-4-11)19(21)22/h1-9H,10H2,(H2,18,20). The molecule has 2 rings (SSSR count). The van der Waals surface area contributed by atoms with Crippen LogP contribution in [0.3, 0.4) is 0 Å². The molecule has 0 fully saturated rings. The number of primary amides is 1. The lowest BCUT2D eigenvalue weighted by Crippen LogP contribution is -2.22. The topological polar surface area (TPSA) is 120 Å². The van der Waals surface area contributed by atoms with Crippen LogP contribution in [0.2, 0.25) is 5.02 Å². The molecule has 0 aliphatic heterocycles. The molecule has 0 bridgehead atoms. The van der Waals surface area contributed by atoms with E-state index in [1.807, 2.05) is 0 Å². The van der Waals surface area contributed by atoms with E-state index < -0.39 is 31.3 Å². The fourth-order valence-corrected chi connectivity index (χ4v) is 3.57. The predicted octanol–water partition coefficient (Wildman–Crippen LogP) is 2.69. The minimum Gasteiger partial charge on any atom is -0.365 e. The van der Waals surface area contributed by atoms with Crippen LogP contribution in [-0.4, -0.2) is 19.2 Å². The maximum atomic E-state index is 12.5. The van der Waals surface area contributed by atoms with Gasteiger partial charge in [-0.25, -0.2) is 8.42 Å². The summed E-state index contributed by atoms with van der Waals surface area (Å²) in [5.41, 5.74) is 5.81. The molecule has 9 heteroatoms. The molecule has 0 radical (unpaired) electrons. The average molecular weight is 381 g/mol. The van der Waals surface area contributed by atoms with Gasteiger partial charge in [-0.3, -0.25) is 14.9 Å². The van der Waals surface area contributed by atoms with E-state index in [4.69, 9.17) is 17.3 Å². The summed E-state index contributed by atoms with van der Waals surface area (Å²) in [6, 6.07) is 11.2. The lowest BCUT2D eigenvalue weighted by molar-refractivity contribution is -0.384. The van der Waals surface area contributed by atoms with Crippen LogP contribution < -0.4 is 5.73 Å². The minimum atomic E-state index is -4.00. The summed E-state index contributed by atoms with van der Waals surface area (Å²) >= 11 is 5.76. The number of nitro benzene ring substituents is 1. The molecular weight excluding hydrogens is 368 g/mol. The van der Waals surface area contributed by atoms with E-state index in [1.165, 1.54) is 48.5 Å². The Morgan fingerprint density at radius 1 is 1.12 bits per heavy atom. The van der Waals surface area contributed by atoms with Crippen molar-refractivity contribution in [2.75, 3.05) is 0 Å². The number of carbonyl (C=O) groups is 1. The largest absolute Gasteiger partial charge is 0.365 e. The molecule has 1 amide bonds. The molecule has 0 saturated heterocycles. The fraction of sp³-hybridized carbons (Fsp3) is 0.0625. The van der Waals surface area contributed by atoms with E-state index in [-0.39, 0.29) is 5.69 Å². The lowest BCUT2D eigenvalue weighted by Gasteiger charge is -2.07. The van der Waals surface area contributed by atoms with Gasteiger partial charge in [0.05, 0.1) is 10.7 Å². The Bertz CT molecular complexity index is 935. The van der Waals surface area contributed by atoms with Gasteiger partial charge in [0, 0.05) is 17.2 Å². The van der Waals surface area contributed by atoms with Gasteiger partial charge in [0.1, 0.15) is 4.91 Å². The Morgan fingerprint density at radius 2 is 1.68 bits per heavy atom. The van der Waals surface area contributed by atoms with E-state index >= 15 is 0 Å². The third-order valence-electron chi connectivity index (χ3n) is 3.25. The van der Waals surface area contributed by atoms with Crippen LogP contribution in [0.4, 0.5) is 5.69 Å². The number of amides is 1. The summed E-state index contributed by atoms with van der Waals surface area (Å²) in [6.07, 6.45) is 1.09. The summed E-state index contributed by atoms with van der Waals surface area (Å²) < 4.78 is 25.0. The lowest BCUT2D eigenvalue weighted by atomic mass is 10.2. The molecule has 0 atom stereocenters. The van der Waals surface area contributed by atoms with Crippen molar-refractivity contribution in [1.82, 2.24) is 0 Å². The Kier molecular flexibility index (Phi) is 5.55. The average Bonchev–Trinajstić information content (AvgIpc) is 2.54. The van der Waals surface area contributed by atoms with Crippen LogP contribution in [0.5, 0.6) is 0 Å². The smallest absolute Gasteiger partial charge is 0.269 e. The molecule has 0 aromatic heterocycles. The van der Waals surface area contributed by atoms with Gasteiger partial charge in [-0.2, -0.15) is 0 Å². The predicted molar refractivity (Wildman–Crippen MR) is 94.3 cm³/mol. The highest BCUT2D eigenvalue weighted by molar-refractivity contribution is 7.95. The second-order valence-corrected chi connectivity index (χ2v) is 7.50. The highest BCUT2D eigenvalue weighted by atomic mass is 35.5. The maximum absolute atomic E-state index is 12.5. The van der Waals surface area contributed by atoms with E-state index in [9.17, 15) is 23.3 Å². The quantitative estimate of drug-likeness (QED) is 0.469. The van der Waals surface area contributed by atoms with Crippen molar-refractivity contribution in [3.8, 4) is 0 Å². The van der Waals surface area contributed by atoms with Gasteiger partial charge >= 0.3 is 0 Å². The molecule has 2 N–H and O–H groups in total. The van der Waals surface area contributed by atoms with Gasteiger partial charge < -0.3 is 5.73 Å². The highest BCUT2D eigenvalue weighted by Crippen LogP contribution is 2.20. The Hall–Kier alpha value is -2.71. The molecule has 0 unspecified atom stereocenters. The van der Waals surface area contributed by atoms with Gasteiger partial charge in [0.2, 0.25) is 0 Å². The number of sulfone groups is 1. The van der Waals surface area contributed by atoms with Gasteiger partial charge in [0.15, 0.2) is 9.84 Å². The van der Waals surface area contributed by atoms with Crippen LogP contribution in [0, 0.1) is 10.1 Å². The molecule has 7 nitrogen and oxygen atoms in total. The molecule has 130 valence electrons. The third kappa shape index (κ3) is 4.88. The van der Waals surface area contributed by atoms with Crippen LogP contribution >= 0.6 is 11.6 Å². The van der Waals surface area contributed by atoms with Crippen molar-refractivity contribution in [3.05, 3.63) is 79.7 Å². The van der Waals surface area contributed by atoms with Crippen molar-refractivity contribution in [3.63, 3.8) is 0 Å². The number of rotatable bonds is 6. The number of nitrogens with zero attached hydrogens (tertiary/aromatic N) is 1. The number of carbonyl (C=O) groups excluding carboxylic acids is 1. The molecule has 0 aliphatic carbocycles. The second kappa shape index (κ2) is 7.45. The second-order valence-electron chi connectivity index (χ2n) is 5.11. The zero-order chi connectivity index (χ0) is 18.6. The number of hydrogen-bond donors (Lipinski definition) is 1. The van der Waals surface area contributed by atoms with Gasteiger partial charge in [0.25, 0.3) is 11.6 Å². The molecule has 0 spiro atoms. The molecule has 0 heterocycles. The van der Waals surface area contributed by atoms with E-state index in [0.29, 0.717) is 16.1 Å². The first kappa shape index (κ1) is 18.6. The van der Waals surface area contributed by atoms with Crippen molar-refractivity contribution in [2.45, 2.75) is 5.75 Å². The zero-order valence-electron chi connectivity index (χ0n) is 12.8.